The Bertz CT molecular complexity index is 1620. The molecule has 222 valence electrons. The summed E-state index contributed by atoms with van der Waals surface area (Å²) in [5.74, 6) is -3.19. The van der Waals surface area contributed by atoms with Gasteiger partial charge in [-0.3, -0.25) is 4.90 Å². The predicted octanol–water partition coefficient (Wildman–Crippen LogP) is 5.32. The van der Waals surface area contributed by atoms with E-state index in [1.807, 2.05) is 38.1 Å². The minimum absolute atomic E-state index is 0.0424. The zero-order valence-corrected chi connectivity index (χ0v) is 23.5. The van der Waals surface area contributed by atoms with E-state index < -0.39 is 18.3 Å². The normalized spacial score (nSPS) is 21.4. The molecule has 2 aromatic heterocycles. The number of phenolic OH excluding ortho intramolecular Hbond substituents is 1. The summed E-state index contributed by atoms with van der Waals surface area (Å²) in [6.07, 6.45) is 0.574. The number of pyridine rings is 1. The summed E-state index contributed by atoms with van der Waals surface area (Å²) >= 11 is 0. The number of phenols is 1. The average Bonchev–Trinajstić information content (AvgIpc) is 2.97. The van der Waals surface area contributed by atoms with Crippen molar-refractivity contribution < 1.29 is 27.8 Å². The number of halogens is 3. The summed E-state index contributed by atoms with van der Waals surface area (Å²) in [5.41, 5.74) is 0.226. The summed E-state index contributed by atoms with van der Waals surface area (Å²) in [4.78, 5) is 15.1. The van der Waals surface area contributed by atoms with Gasteiger partial charge in [-0.2, -0.15) is 9.97 Å². The second kappa shape index (κ2) is 11.4. The van der Waals surface area contributed by atoms with Crippen molar-refractivity contribution >= 4 is 27.5 Å². The van der Waals surface area contributed by atoms with E-state index in [2.05, 4.69) is 25.6 Å². The summed E-state index contributed by atoms with van der Waals surface area (Å²) in [7, 11) is 0. The molecule has 6 rings (SSSR count). The number of nitrogens with one attached hydrogen (secondary N) is 2. The average molecular weight is 583 g/mol. The number of likely N-dealkylation sites (tertiary alicyclic amines) is 1. The van der Waals surface area contributed by atoms with Gasteiger partial charge >= 0.3 is 6.01 Å². The molecular weight excluding hydrogens is 549 g/mol. The highest BCUT2D eigenvalue weighted by Gasteiger charge is 2.35. The first-order valence-corrected chi connectivity index (χ1v) is 14.2. The van der Waals surface area contributed by atoms with Crippen LogP contribution >= 0.6 is 0 Å². The maximum Gasteiger partial charge on any atom is 0.320 e. The number of alkyl halides is 2. The number of aromatic hydroxyl groups is 1. The molecule has 2 aliphatic heterocycles. The van der Waals surface area contributed by atoms with Crippen molar-refractivity contribution in [3.63, 3.8) is 0 Å². The molecule has 2 aromatic carbocycles. The minimum atomic E-state index is -2.80. The molecular formula is C30H33F3N6O3. The third-order valence-corrected chi connectivity index (χ3v) is 7.61. The van der Waals surface area contributed by atoms with Gasteiger partial charge in [-0.25, -0.2) is 18.2 Å². The van der Waals surface area contributed by atoms with E-state index in [1.54, 1.807) is 6.07 Å². The highest BCUT2D eigenvalue weighted by molar-refractivity contribution is 6.01. The van der Waals surface area contributed by atoms with Crippen molar-refractivity contribution in [2.24, 2.45) is 0 Å². The van der Waals surface area contributed by atoms with Crippen molar-refractivity contribution in [1.82, 2.24) is 25.2 Å². The molecule has 12 heteroatoms. The first-order chi connectivity index (χ1) is 20.2. The lowest BCUT2D eigenvalue weighted by Crippen LogP contribution is -2.44. The molecule has 0 amide bonds. The Kier molecular flexibility index (Phi) is 7.67. The molecule has 4 heterocycles. The monoisotopic (exact) mass is 582 g/mol. The van der Waals surface area contributed by atoms with Crippen LogP contribution in [0.2, 0.25) is 0 Å². The number of hydrogen-bond acceptors (Lipinski definition) is 9. The maximum atomic E-state index is 16.6. The van der Waals surface area contributed by atoms with E-state index in [-0.39, 0.29) is 65.4 Å². The van der Waals surface area contributed by atoms with Crippen LogP contribution in [0.1, 0.15) is 33.1 Å². The van der Waals surface area contributed by atoms with Gasteiger partial charge in [0.15, 0.2) is 5.82 Å². The molecule has 2 aliphatic rings. The van der Waals surface area contributed by atoms with E-state index in [0.29, 0.717) is 48.8 Å². The van der Waals surface area contributed by atoms with Gasteiger partial charge in [0.1, 0.15) is 34.9 Å². The van der Waals surface area contributed by atoms with Crippen molar-refractivity contribution in [1.29, 1.82) is 0 Å². The number of hydrogen-bond donors (Lipinski definition) is 3. The zero-order valence-electron chi connectivity index (χ0n) is 23.5. The molecule has 0 radical (unpaired) electrons. The van der Waals surface area contributed by atoms with Gasteiger partial charge in [0.05, 0.1) is 12.6 Å². The Morgan fingerprint density at radius 3 is 2.83 bits per heavy atom. The maximum absolute atomic E-state index is 16.6. The number of piperidine rings is 1. The van der Waals surface area contributed by atoms with Crippen LogP contribution in [0.3, 0.4) is 0 Å². The lowest BCUT2D eigenvalue weighted by Gasteiger charge is -2.31. The lowest BCUT2D eigenvalue weighted by molar-refractivity contribution is -0.0798. The van der Waals surface area contributed by atoms with Crippen LogP contribution in [0, 0.1) is 5.82 Å². The molecule has 1 unspecified atom stereocenters. The molecule has 0 spiro atoms. The van der Waals surface area contributed by atoms with Crippen molar-refractivity contribution in [2.75, 3.05) is 38.2 Å². The number of aromatic nitrogens is 3. The first kappa shape index (κ1) is 28.2. The van der Waals surface area contributed by atoms with Gasteiger partial charge in [-0.15, -0.1) is 0 Å². The van der Waals surface area contributed by atoms with Crippen LogP contribution in [0.4, 0.5) is 19.0 Å². The van der Waals surface area contributed by atoms with Crippen LogP contribution in [-0.4, -0.2) is 75.9 Å². The smallest absolute Gasteiger partial charge is 0.320 e. The zero-order chi connectivity index (χ0) is 29.4. The van der Waals surface area contributed by atoms with E-state index >= 15 is 4.39 Å². The molecule has 9 nitrogen and oxygen atoms in total. The van der Waals surface area contributed by atoms with Gasteiger partial charge in [-0.1, -0.05) is 24.3 Å². The fourth-order valence-corrected chi connectivity index (χ4v) is 5.48. The minimum Gasteiger partial charge on any atom is -0.508 e. The van der Waals surface area contributed by atoms with Crippen LogP contribution in [0.25, 0.3) is 32.9 Å². The van der Waals surface area contributed by atoms with E-state index in [0.717, 1.165) is 0 Å². The summed E-state index contributed by atoms with van der Waals surface area (Å²) in [6, 6.07) is 10.2. The van der Waals surface area contributed by atoms with Gasteiger partial charge < -0.3 is 25.2 Å². The van der Waals surface area contributed by atoms with Gasteiger partial charge in [0.2, 0.25) is 5.88 Å². The van der Waals surface area contributed by atoms with Crippen LogP contribution < -0.4 is 20.1 Å². The fourth-order valence-electron chi connectivity index (χ4n) is 5.48. The molecule has 4 aromatic rings. The number of nitrogens with zero attached hydrogens (tertiary/aromatic N) is 4. The number of fused-ring (bicyclic) bond motifs is 1. The molecule has 1 fully saturated rings. The summed E-state index contributed by atoms with van der Waals surface area (Å²) in [5, 5.41) is 18.8. The van der Waals surface area contributed by atoms with Crippen LogP contribution in [0.15, 0.2) is 36.4 Å². The second-order valence-electron chi connectivity index (χ2n) is 11.1. The highest BCUT2D eigenvalue weighted by atomic mass is 19.3. The Hall–Kier alpha value is -3.90. The van der Waals surface area contributed by atoms with Gasteiger partial charge in [0.25, 0.3) is 5.92 Å². The Labute approximate surface area is 241 Å². The van der Waals surface area contributed by atoms with E-state index in [4.69, 9.17) is 9.47 Å². The molecule has 3 N–H and O–H groups in total. The quantitative estimate of drug-likeness (QED) is 0.295. The second-order valence-corrected chi connectivity index (χ2v) is 11.1. The van der Waals surface area contributed by atoms with Crippen molar-refractivity contribution in [3.8, 4) is 28.9 Å². The molecule has 0 bridgehead atoms. The number of rotatable bonds is 4. The van der Waals surface area contributed by atoms with Crippen molar-refractivity contribution in [3.05, 3.63) is 42.2 Å². The standard InChI is InChI=1S/C30H33F3N6O3/c1-17-14-35-27-23-26(37-29(38-27)41-16-39-11-5-9-30(32,33)15-39)24(31)25(36-28(23)42-18(2)8-10-34-17)22-13-20(40)12-19-6-3-4-7-21(19)22/h3-4,6-7,12-13,17-18,34,40H,5,8-11,14-16H2,1-2H3,(H,35,37,38)/t17?,18-/m0/s1. The molecule has 0 saturated carbocycles. The Morgan fingerprint density at radius 2 is 2.00 bits per heavy atom. The number of ether oxygens (including phenoxy) is 2. The van der Waals surface area contributed by atoms with Crippen molar-refractivity contribution in [2.45, 2.75) is 51.2 Å². The first-order valence-electron chi connectivity index (χ1n) is 14.2. The number of anilines is 1. The SMILES string of the molecule is CC1CNc2nc(OCN3CCCC(F)(F)C3)nc3c(F)c(-c4cc(O)cc5ccccc45)nc(c23)O[C@@H](C)CCN1. The summed E-state index contributed by atoms with van der Waals surface area (Å²) in [6.45, 7) is 4.91. The third-order valence-electron chi connectivity index (χ3n) is 7.61. The van der Waals surface area contributed by atoms with Gasteiger partial charge in [0, 0.05) is 31.1 Å². The molecule has 0 aliphatic carbocycles. The van der Waals surface area contributed by atoms with Gasteiger partial charge in [-0.05, 0) is 56.1 Å². The Balaban J connectivity index is 1.51. The van der Waals surface area contributed by atoms with Crippen LogP contribution in [-0.2, 0) is 0 Å². The van der Waals surface area contributed by atoms with E-state index in [9.17, 15) is 13.9 Å². The molecule has 42 heavy (non-hydrogen) atoms. The highest BCUT2D eigenvalue weighted by Crippen LogP contribution is 2.40. The third kappa shape index (κ3) is 5.86. The fraction of sp³-hybridized carbons (Fsp3) is 0.433. The largest absolute Gasteiger partial charge is 0.508 e. The Morgan fingerprint density at radius 1 is 1.17 bits per heavy atom. The topological polar surface area (TPSA) is 105 Å². The molecule has 1 saturated heterocycles. The van der Waals surface area contributed by atoms with E-state index in [1.165, 1.54) is 11.0 Å². The predicted molar refractivity (Wildman–Crippen MR) is 154 cm³/mol. The number of benzene rings is 2. The molecule has 2 atom stereocenters. The van der Waals surface area contributed by atoms with Crippen LogP contribution in [0.5, 0.6) is 17.6 Å². The lowest BCUT2D eigenvalue weighted by atomic mass is 10.00. The summed E-state index contributed by atoms with van der Waals surface area (Å²) < 4.78 is 56.6.